The third kappa shape index (κ3) is 6.59. The van der Waals surface area contributed by atoms with Crippen molar-refractivity contribution in [2.24, 2.45) is 5.92 Å². The van der Waals surface area contributed by atoms with Crippen LogP contribution < -0.4 is 5.32 Å². The highest BCUT2D eigenvalue weighted by Gasteiger charge is 2.17. The fraction of sp³-hybridized carbons (Fsp3) is 0.500. The molecule has 0 radical (unpaired) electrons. The van der Waals surface area contributed by atoms with Gasteiger partial charge in [0.05, 0.1) is 6.54 Å². The molecule has 3 rings (SSSR count). The molecule has 1 saturated heterocycles. The summed E-state index contributed by atoms with van der Waals surface area (Å²) in [6.45, 7) is 10.0. The van der Waals surface area contributed by atoms with E-state index in [1.165, 1.54) is 42.9 Å². The molecule has 3 nitrogen and oxygen atoms in total. The Morgan fingerprint density at radius 2 is 2.22 bits per heavy atom. The lowest BCUT2D eigenvalue weighted by atomic mass is 10.0. The molecule has 0 saturated carbocycles. The fourth-order valence-corrected chi connectivity index (χ4v) is 4.74. The van der Waals surface area contributed by atoms with Crippen molar-refractivity contribution < 1.29 is 0 Å². The number of thiophene rings is 1. The van der Waals surface area contributed by atoms with Crippen LogP contribution in [0.25, 0.3) is 0 Å². The summed E-state index contributed by atoms with van der Waals surface area (Å²) < 4.78 is 0. The number of rotatable bonds is 7. The lowest BCUT2D eigenvalue weighted by Gasteiger charge is -2.32. The average molecular weight is 402 g/mol. The van der Waals surface area contributed by atoms with E-state index in [-0.39, 0.29) is 0 Å². The van der Waals surface area contributed by atoms with Crippen LogP contribution in [0.3, 0.4) is 0 Å². The Morgan fingerprint density at radius 1 is 1.33 bits per heavy atom. The quantitative estimate of drug-likeness (QED) is 0.628. The van der Waals surface area contributed by atoms with Gasteiger partial charge in [0, 0.05) is 23.7 Å². The van der Waals surface area contributed by atoms with Crippen LogP contribution in [0.5, 0.6) is 0 Å². The Morgan fingerprint density at radius 3 is 2.96 bits per heavy atom. The maximum atomic E-state index is 5.77. The number of benzene rings is 1. The SMILES string of the molecule is Cc1cccc(NC(=S)N(CCCN2CCC[C@H](C)C2)Cc2cccs2)c1. The molecular weight excluding hydrogens is 370 g/mol. The van der Waals surface area contributed by atoms with Gasteiger partial charge in [-0.2, -0.15) is 0 Å². The molecule has 2 aromatic rings. The summed E-state index contributed by atoms with van der Waals surface area (Å²) in [5.74, 6) is 0.838. The number of likely N-dealkylation sites (tertiary alicyclic amines) is 1. The number of thiocarbonyl (C=S) groups is 1. The first-order chi connectivity index (χ1) is 13.1. The number of hydrogen-bond donors (Lipinski definition) is 1. The van der Waals surface area contributed by atoms with Gasteiger partial charge in [-0.1, -0.05) is 25.1 Å². The van der Waals surface area contributed by atoms with E-state index in [9.17, 15) is 0 Å². The molecule has 1 atom stereocenters. The van der Waals surface area contributed by atoms with Crippen molar-refractivity contribution in [3.8, 4) is 0 Å². The lowest BCUT2D eigenvalue weighted by molar-refractivity contribution is 0.177. The summed E-state index contributed by atoms with van der Waals surface area (Å²) in [5, 5.41) is 6.40. The Labute approximate surface area is 173 Å². The first-order valence-electron chi connectivity index (χ1n) is 9.97. The topological polar surface area (TPSA) is 18.5 Å². The Hall–Kier alpha value is -1.43. The van der Waals surface area contributed by atoms with Crippen molar-refractivity contribution in [1.82, 2.24) is 9.80 Å². The molecule has 2 heterocycles. The smallest absolute Gasteiger partial charge is 0.173 e. The molecule has 1 aliphatic rings. The van der Waals surface area contributed by atoms with Gasteiger partial charge in [-0.15, -0.1) is 11.3 Å². The van der Waals surface area contributed by atoms with Crippen molar-refractivity contribution in [3.63, 3.8) is 0 Å². The molecule has 1 aromatic heterocycles. The van der Waals surface area contributed by atoms with Gasteiger partial charge in [0.1, 0.15) is 0 Å². The van der Waals surface area contributed by atoms with Crippen molar-refractivity contribution in [2.45, 2.75) is 39.7 Å². The number of aryl methyl sites for hydroxylation is 1. The zero-order valence-corrected chi connectivity index (χ0v) is 18.1. The van der Waals surface area contributed by atoms with Gasteiger partial charge in [-0.3, -0.25) is 0 Å². The van der Waals surface area contributed by atoms with Crippen LogP contribution in [0.1, 0.15) is 36.6 Å². The highest BCUT2D eigenvalue weighted by molar-refractivity contribution is 7.80. The Kier molecular flexibility index (Phi) is 7.68. The van der Waals surface area contributed by atoms with E-state index in [1.807, 2.05) is 0 Å². The van der Waals surface area contributed by atoms with Crippen LogP contribution in [0, 0.1) is 12.8 Å². The maximum Gasteiger partial charge on any atom is 0.173 e. The zero-order chi connectivity index (χ0) is 19.1. The lowest BCUT2D eigenvalue weighted by Crippen LogP contribution is -2.39. The standard InChI is InChI=1S/C22H31N3S2/c1-18-7-3-9-20(15-18)23-22(26)25(17-21-10-5-14-27-21)13-6-12-24-11-4-8-19(2)16-24/h3,5,7,9-10,14-15,19H,4,6,8,11-13,16-17H2,1-2H3,(H,23,26)/t19-/m0/s1. The van der Waals surface area contributed by atoms with Crippen LogP contribution in [0.15, 0.2) is 41.8 Å². The molecule has 5 heteroatoms. The molecular formula is C22H31N3S2. The van der Waals surface area contributed by atoms with Crippen molar-refractivity contribution in [1.29, 1.82) is 0 Å². The Balaban J connectivity index is 1.57. The molecule has 146 valence electrons. The van der Waals surface area contributed by atoms with Crippen molar-refractivity contribution >= 4 is 34.4 Å². The van der Waals surface area contributed by atoms with Crippen LogP contribution in [0.2, 0.25) is 0 Å². The van der Waals surface area contributed by atoms with Crippen LogP contribution in [-0.4, -0.2) is 41.1 Å². The number of hydrogen-bond acceptors (Lipinski definition) is 3. The largest absolute Gasteiger partial charge is 0.344 e. The fourth-order valence-electron chi connectivity index (χ4n) is 3.74. The van der Waals surface area contributed by atoms with Crippen LogP contribution in [-0.2, 0) is 6.54 Å². The van der Waals surface area contributed by atoms with Gasteiger partial charge in [-0.05, 0) is 86.6 Å². The predicted octanol–water partition coefficient (Wildman–Crippen LogP) is 5.38. The summed E-state index contributed by atoms with van der Waals surface area (Å²) in [6.07, 6.45) is 3.87. The first kappa shape index (κ1) is 20.3. The van der Waals surface area contributed by atoms with Gasteiger partial charge >= 0.3 is 0 Å². The monoisotopic (exact) mass is 401 g/mol. The van der Waals surface area contributed by atoms with Gasteiger partial charge in [0.25, 0.3) is 0 Å². The minimum Gasteiger partial charge on any atom is -0.344 e. The van der Waals surface area contributed by atoms with Crippen LogP contribution in [0.4, 0.5) is 5.69 Å². The number of nitrogens with zero attached hydrogens (tertiary/aromatic N) is 2. The highest BCUT2D eigenvalue weighted by Crippen LogP contribution is 2.17. The molecule has 1 aliphatic heterocycles. The van der Waals surface area contributed by atoms with E-state index in [0.717, 1.165) is 36.2 Å². The summed E-state index contributed by atoms with van der Waals surface area (Å²) in [4.78, 5) is 6.29. The van der Waals surface area contributed by atoms with Crippen LogP contribution >= 0.6 is 23.6 Å². The Bertz CT molecular complexity index is 714. The number of anilines is 1. The van der Waals surface area contributed by atoms with Crippen molar-refractivity contribution in [2.75, 3.05) is 31.5 Å². The van der Waals surface area contributed by atoms with Gasteiger partial charge in [-0.25, -0.2) is 0 Å². The van der Waals surface area contributed by atoms with E-state index >= 15 is 0 Å². The van der Waals surface area contributed by atoms with E-state index in [1.54, 1.807) is 11.3 Å². The molecule has 1 fully saturated rings. The van der Waals surface area contributed by atoms with Gasteiger partial charge in [0.15, 0.2) is 5.11 Å². The normalized spacial score (nSPS) is 17.6. The van der Waals surface area contributed by atoms with Gasteiger partial charge < -0.3 is 15.1 Å². The third-order valence-corrected chi connectivity index (χ3v) is 6.35. The van der Waals surface area contributed by atoms with Gasteiger partial charge in [0.2, 0.25) is 0 Å². The van der Waals surface area contributed by atoms with E-state index in [4.69, 9.17) is 12.2 Å². The second kappa shape index (κ2) is 10.2. The first-order valence-corrected chi connectivity index (χ1v) is 11.3. The summed E-state index contributed by atoms with van der Waals surface area (Å²) in [6, 6.07) is 12.7. The molecule has 0 bridgehead atoms. The zero-order valence-electron chi connectivity index (χ0n) is 16.5. The molecule has 1 aromatic carbocycles. The molecule has 1 N–H and O–H groups in total. The number of nitrogens with one attached hydrogen (secondary N) is 1. The average Bonchev–Trinajstić information content (AvgIpc) is 3.14. The molecule has 0 unspecified atom stereocenters. The second-order valence-electron chi connectivity index (χ2n) is 7.70. The predicted molar refractivity (Wildman–Crippen MR) is 122 cm³/mol. The number of piperidine rings is 1. The molecule has 27 heavy (non-hydrogen) atoms. The maximum absolute atomic E-state index is 5.77. The highest BCUT2D eigenvalue weighted by atomic mass is 32.1. The summed E-state index contributed by atoms with van der Waals surface area (Å²) in [7, 11) is 0. The molecule has 0 spiro atoms. The van der Waals surface area contributed by atoms with E-state index in [2.05, 4.69) is 70.7 Å². The minimum atomic E-state index is 0.820. The third-order valence-electron chi connectivity index (χ3n) is 5.13. The molecule has 0 amide bonds. The van der Waals surface area contributed by atoms with E-state index < -0.39 is 0 Å². The summed E-state index contributed by atoms with van der Waals surface area (Å²) in [5.41, 5.74) is 2.31. The molecule has 0 aliphatic carbocycles. The van der Waals surface area contributed by atoms with Crippen molar-refractivity contribution in [3.05, 3.63) is 52.2 Å². The minimum absolute atomic E-state index is 0.820. The summed E-state index contributed by atoms with van der Waals surface area (Å²) >= 11 is 7.57. The van der Waals surface area contributed by atoms with E-state index in [0.29, 0.717) is 0 Å². The second-order valence-corrected chi connectivity index (χ2v) is 9.12.